The van der Waals surface area contributed by atoms with E-state index in [1.165, 1.54) is 6.07 Å². The predicted octanol–water partition coefficient (Wildman–Crippen LogP) is 3.72. The van der Waals surface area contributed by atoms with Gasteiger partial charge >= 0.3 is 0 Å². The molecule has 1 aromatic carbocycles. The molecule has 0 aliphatic carbocycles. The van der Waals surface area contributed by atoms with Crippen LogP contribution >= 0.6 is 0 Å². The molecule has 0 aromatic heterocycles. The van der Waals surface area contributed by atoms with Gasteiger partial charge in [0, 0.05) is 19.1 Å². The molecule has 2 rings (SSSR count). The van der Waals surface area contributed by atoms with E-state index in [0.29, 0.717) is 11.6 Å². The van der Waals surface area contributed by atoms with E-state index < -0.39 is 0 Å². The fraction of sp³-hybridized carbons (Fsp3) is 0.625. The van der Waals surface area contributed by atoms with Crippen LogP contribution in [0.1, 0.15) is 45.7 Å². The van der Waals surface area contributed by atoms with Crippen LogP contribution < -0.4 is 10.6 Å². The zero-order chi connectivity index (χ0) is 14.2. The first-order valence-corrected chi connectivity index (χ1v) is 7.09. The molecular weight excluding hydrogens is 239 g/mol. The summed E-state index contributed by atoms with van der Waals surface area (Å²) in [5.74, 6) is 0.456. The summed E-state index contributed by atoms with van der Waals surface area (Å²) in [5.41, 5.74) is 7.87. The minimum absolute atomic E-state index is 0.139. The maximum absolute atomic E-state index is 14.2. The quantitative estimate of drug-likeness (QED) is 0.882. The zero-order valence-electron chi connectivity index (χ0n) is 12.4. The van der Waals surface area contributed by atoms with Crippen molar-refractivity contribution in [3.05, 3.63) is 29.6 Å². The van der Waals surface area contributed by atoms with Gasteiger partial charge in [0.05, 0.1) is 5.69 Å². The summed E-state index contributed by atoms with van der Waals surface area (Å²) in [6.07, 6.45) is 1.12. The summed E-state index contributed by atoms with van der Waals surface area (Å²) in [4.78, 5) is 2.17. The van der Waals surface area contributed by atoms with Crippen molar-refractivity contribution in [2.75, 3.05) is 18.0 Å². The molecule has 19 heavy (non-hydrogen) atoms. The third-order valence-electron chi connectivity index (χ3n) is 4.24. The van der Waals surface area contributed by atoms with E-state index in [4.69, 9.17) is 5.73 Å². The van der Waals surface area contributed by atoms with Gasteiger partial charge in [-0.2, -0.15) is 0 Å². The van der Waals surface area contributed by atoms with Crippen LogP contribution in [-0.2, 0) is 0 Å². The molecule has 1 heterocycles. The van der Waals surface area contributed by atoms with E-state index in [9.17, 15) is 4.39 Å². The van der Waals surface area contributed by atoms with Crippen molar-refractivity contribution < 1.29 is 4.39 Å². The molecule has 1 saturated heterocycles. The molecule has 106 valence electrons. The highest BCUT2D eigenvalue weighted by Gasteiger charge is 2.33. The highest BCUT2D eigenvalue weighted by molar-refractivity contribution is 5.56. The second kappa shape index (κ2) is 5.12. The van der Waals surface area contributed by atoms with Gasteiger partial charge in [0.1, 0.15) is 5.82 Å². The van der Waals surface area contributed by atoms with Crippen molar-refractivity contribution in [2.24, 2.45) is 17.1 Å². The zero-order valence-corrected chi connectivity index (χ0v) is 12.4. The smallest absolute Gasteiger partial charge is 0.146 e. The van der Waals surface area contributed by atoms with Gasteiger partial charge in [-0.1, -0.05) is 32.9 Å². The molecule has 0 bridgehead atoms. The highest BCUT2D eigenvalue weighted by atomic mass is 19.1. The van der Waals surface area contributed by atoms with Crippen molar-refractivity contribution in [3.8, 4) is 0 Å². The van der Waals surface area contributed by atoms with Gasteiger partial charge in [0.25, 0.3) is 0 Å². The third kappa shape index (κ3) is 2.92. The summed E-state index contributed by atoms with van der Waals surface area (Å²) >= 11 is 0. The maximum Gasteiger partial charge on any atom is 0.146 e. The molecule has 2 unspecified atom stereocenters. The minimum atomic E-state index is -0.149. The molecule has 1 aliphatic heterocycles. The molecule has 0 amide bonds. The maximum atomic E-state index is 14.2. The Morgan fingerprint density at radius 3 is 2.58 bits per heavy atom. The molecule has 3 heteroatoms. The van der Waals surface area contributed by atoms with Crippen molar-refractivity contribution in [1.82, 2.24) is 0 Å². The molecule has 1 aliphatic rings. The largest absolute Gasteiger partial charge is 0.369 e. The number of hydrogen-bond donors (Lipinski definition) is 1. The molecular formula is C16H25FN2. The molecule has 2 nitrogen and oxygen atoms in total. The van der Waals surface area contributed by atoms with Gasteiger partial charge < -0.3 is 10.6 Å². The number of anilines is 1. The van der Waals surface area contributed by atoms with Gasteiger partial charge in [0.15, 0.2) is 0 Å². The minimum Gasteiger partial charge on any atom is -0.369 e. The Balaban J connectivity index is 2.29. The average Bonchev–Trinajstić information content (AvgIpc) is 2.77. The Hall–Kier alpha value is -1.09. The molecule has 0 radical (unpaired) electrons. The van der Waals surface area contributed by atoms with Gasteiger partial charge in [-0.05, 0) is 36.3 Å². The monoisotopic (exact) mass is 264 g/mol. The molecule has 2 N–H and O–H groups in total. The van der Waals surface area contributed by atoms with Crippen LogP contribution in [0.25, 0.3) is 0 Å². The van der Waals surface area contributed by atoms with Crippen LogP contribution in [0.3, 0.4) is 0 Å². The summed E-state index contributed by atoms with van der Waals surface area (Å²) in [5, 5.41) is 0. The number of para-hydroxylation sites is 1. The van der Waals surface area contributed by atoms with Crippen LogP contribution in [0.4, 0.5) is 10.1 Å². The average molecular weight is 264 g/mol. The van der Waals surface area contributed by atoms with E-state index >= 15 is 0 Å². The van der Waals surface area contributed by atoms with Crippen molar-refractivity contribution in [1.29, 1.82) is 0 Å². The standard InChI is InChI=1S/C16H25FN2/c1-11(18)13-6-5-7-14(17)15(13)19-9-8-12(10-19)16(2,3)4/h5-7,11-12H,8-10,18H2,1-4H3. The molecule has 0 saturated carbocycles. The Bertz CT molecular complexity index is 449. The summed E-state index contributed by atoms with van der Waals surface area (Å²) in [6, 6.07) is 5.08. The predicted molar refractivity (Wildman–Crippen MR) is 78.8 cm³/mol. The van der Waals surface area contributed by atoms with E-state index in [1.54, 1.807) is 6.07 Å². The molecule has 1 fully saturated rings. The van der Waals surface area contributed by atoms with E-state index in [0.717, 1.165) is 25.1 Å². The lowest BCUT2D eigenvalue weighted by molar-refractivity contribution is 0.263. The van der Waals surface area contributed by atoms with Crippen molar-refractivity contribution in [3.63, 3.8) is 0 Å². The summed E-state index contributed by atoms with van der Waals surface area (Å²) < 4.78 is 14.2. The first-order chi connectivity index (χ1) is 8.80. The second-order valence-corrected chi connectivity index (χ2v) is 6.76. The number of rotatable bonds is 2. The van der Waals surface area contributed by atoms with Gasteiger partial charge in [-0.15, -0.1) is 0 Å². The van der Waals surface area contributed by atoms with Crippen LogP contribution in [0.15, 0.2) is 18.2 Å². The number of hydrogen-bond acceptors (Lipinski definition) is 2. The van der Waals surface area contributed by atoms with Crippen LogP contribution in [0, 0.1) is 17.2 Å². The summed E-state index contributed by atoms with van der Waals surface area (Å²) in [6.45, 7) is 10.5. The number of halogens is 1. The van der Waals surface area contributed by atoms with Crippen LogP contribution in [-0.4, -0.2) is 13.1 Å². The third-order valence-corrected chi connectivity index (χ3v) is 4.24. The molecule has 0 spiro atoms. The Morgan fingerprint density at radius 1 is 1.37 bits per heavy atom. The number of nitrogens with two attached hydrogens (primary N) is 1. The van der Waals surface area contributed by atoms with Crippen molar-refractivity contribution in [2.45, 2.75) is 40.2 Å². The SMILES string of the molecule is CC(N)c1cccc(F)c1N1CCC(C(C)(C)C)C1. The molecule has 2 atom stereocenters. The lowest BCUT2D eigenvalue weighted by Crippen LogP contribution is -2.27. The topological polar surface area (TPSA) is 29.3 Å². The second-order valence-electron chi connectivity index (χ2n) is 6.76. The summed E-state index contributed by atoms with van der Waals surface area (Å²) in [7, 11) is 0. The first-order valence-electron chi connectivity index (χ1n) is 7.09. The first kappa shape index (κ1) is 14.3. The fourth-order valence-electron chi connectivity index (χ4n) is 2.90. The lowest BCUT2D eigenvalue weighted by atomic mass is 9.80. The van der Waals surface area contributed by atoms with Gasteiger partial charge in [-0.25, -0.2) is 4.39 Å². The van der Waals surface area contributed by atoms with Crippen LogP contribution in [0.5, 0.6) is 0 Å². The van der Waals surface area contributed by atoms with E-state index in [2.05, 4.69) is 25.7 Å². The lowest BCUT2D eigenvalue weighted by Gasteiger charge is -2.29. The fourth-order valence-corrected chi connectivity index (χ4v) is 2.90. The Morgan fingerprint density at radius 2 is 2.05 bits per heavy atom. The number of nitrogens with zero attached hydrogens (tertiary/aromatic N) is 1. The Labute approximate surface area is 115 Å². The Kier molecular flexibility index (Phi) is 3.86. The molecule has 1 aromatic rings. The highest BCUT2D eigenvalue weighted by Crippen LogP contribution is 2.38. The van der Waals surface area contributed by atoms with Crippen molar-refractivity contribution >= 4 is 5.69 Å². The number of benzene rings is 1. The van der Waals surface area contributed by atoms with E-state index in [1.807, 2.05) is 13.0 Å². The normalized spacial score (nSPS) is 21.8. The van der Waals surface area contributed by atoms with Gasteiger partial charge in [-0.3, -0.25) is 0 Å². The van der Waals surface area contributed by atoms with Crippen LogP contribution in [0.2, 0.25) is 0 Å². The van der Waals surface area contributed by atoms with E-state index in [-0.39, 0.29) is 17.3 Å². The van der Waals surface area contributed by atoms with Gasteiger partial charge in [0.2, 0.25) is 0 Å².